The first-order chi connectivity index (χ1) is 16.4. The van der Waals surface area contributed by atoms with Gasteiger partial charge in [-0.25, -0.2) is 18.6 Å². The zero-order chi connectivity index (χ0) is 25.5. The Labute approximate surface area is 206 Å². The molecule has 0 fully saturated rings. The minimum absolute atomic E-state index is 0.257. The number of nitrogens with zero attached hydrogens (tertiary/aromatic N) is 2. The predicted octanol–water partition coefficient (Wildman–Crippen LogP) is 6.93. The number of ether oxygens (including phenoxy) is 1. The Balaban J connectivity index is 1.95. The van der Waals surface area contributed by atoms with Gasteiger partial charge < -0.3 is 14.4 Å². The summed E-state index contributed by atoms with van der Waals surface area (Å²) >= 11 is 6.11. The SMILES string of the molecule is Cc1nc2c(ccn2Cc2ccc(F)c(F)c2)c(-c2ccc(Cl)cc2)c1[C@H](OC(C)(C)C)C(=O)O. The van der Waals surface area contributed by atoms with Crippen molar-refractivity contribution in [2.45, 2.75) is 45.9 Å². The predicted molar refractivity (Wildman–Crippen MR) is 132 cm³/mol. The molecule has 8 heteroatoms. The summed E-state index contributed by atoms with van der Waals surface area (Å²) in [5.74, 6) is -2.95. The van der Waals surface area contributed by atoms with Gasteiger partial charge in [0.15, 0.2) is 17.7 Å². The van der Waals surface area contributed by atoms with Gasteiger partial charge in [0.1, 0.15) is 5.65 Å². The summed E-state index contributed by atoms with van der Waals surface area (Å²) in [4.78, 5) is 17.1. The Bertz CT molecular complexity index is 1410. The normalized spacial score (nSPS) is 12.8. The first kappa shape index (κ1) is 24.8. The first-order valence-corrected chi connectivity index (χ1v) is 11.4. The van der Waals surface area contributed by atoms with Crippen molar-refractivity contribution in [3.8, 4) is 11.1 Å². The topological polar surface area (TPSA) is 64.4 Å². The number of pyridine rings is 1. The highest BCUT2D eigenvalue weighted by molar-refractivity contribution is 6.30. The molecule has 2 aromatic carbocycles. The van der Waals surface area contributed by atoms with Crippen molar-refractivity contribution in [3.63, 3.8) is 0 Å². The molecule has 1 N–H and O–H groups in total. The molecule has 2 aromatic heterocycles. The number of hydrogen-bond donors (Lipinski definition) is 1. The highest BCUT2D eigenvalue weighted by Crippen LogP contribution is 2.40. The molecular formula is C27H25ClF2N2O3. The summed E-state index contributed by atoms with van der Waals surface area (Å²) in [5, 5.41) is 11.4. The van der Waals surface area contributed by atoms with E-state index in [0.717, 1.165) is 17.7 Å². The monoisotopic (exact) mass is 498 g/mol. The minimum atomic E-state index is -1.26. The van der Waals surface area contributed by atoms with Crippen molar-refractivity contribution in [3.05, 3.63) is 88.2 Å². The molecule has 182 valence electrons. The van der Waals surface area contributed by atoms with Crippen LogP contribution in [0.4, 0.5) is 8.78 Å². The van der Waals surface area contributed by atoms with Crippen molar-refractivity contribution in [1.82, 2.24) is 9.55 Å². The number of hydrogen-bond acceptors (Lipinski definition) is 3. The van der Waals surface area contributed by atoms with Gasteiger partial charge in [-0.05, 0) is 69.2 Å². The highest BCUT2D eigenvalue weighted by atomic mass is 35.5. The Morgan fingerprint density at radius 3 is 2.40 bits per heavy atom. The van der Waals surface area contributed by atoms with Crippen molar-refractivity contribution in [1.29, 1.82) is 0 Å². The molecule has 0 amide bonds. The van der Waals surface area contributed by atoms with Gasteiger partial charge in [0.05, 0.1) is 5.60 Å². The van der Waals surface area contributed by atoms with E-state index in [9.17, 15) is 18.7 Å². The molecule has 0 bridgehead atoms. The Kier molecular flexibility index (Phi) is 6.66. The van der Waals surface area contributed by atoms with Crippen LogP contribution in [0, 0.1) is 18.6 Å². The number of benzene rings is 2. The van der Waals surface area contributed by atoms with E-state index in [0.29, 0.717) is 38.4 Å². The fourth-order valence-electron chi connectivity index (χ4n) is 4.13. The van der Waals surface area contributed by atoms with Crippen LogP contribution in [0.2, 0.25) is 5.02 Å². The summed E-state index contributed by atoms with van der Waals surface area (Å²) < 4.78 is 35.0. The van der Waals surface area contributed by atoms with E-state index >= 15 is 0 Å². The van der Waals surface area contributed by atoms with Gasteiger partial charge in [0.2, 0.25) is 0 Å². The third kappa shape index (κ3) is 5.21. The summed E-state index contributed by atoms with van der Waals surface area (Å²) in [6.45, 7) is 7.39. The molecule has 0 saturated carbocycles. The van der Waals surface area contributed by atoms with Crippen LogP contribution >= 0.6 is 11.6 Å². The number of aliphatic carboxylic acids is 1. The van der Waals surface area contributed by atoms with E-state index in [-0.39, 0.29) is 6.54 Å². The maximum atomic E-state index is 13.8. The lowest BCUT2D eigenvalue weighted by Crippen LogP contribution is -2.28. The van der Waals surface area contributed by atoms with Crippen LogP contribution in [-0.4, -0.2) is 26.2 Å². The highest BCUT2D eigenvalue weighted by Gasteiger charge is 2.32. The third-order valence-electron chi connectivity index (χ3n) is 5.56. The Morgan fingerprint density at radius 2 is 1.80 bits per heavy atom. The molecule has 0 unspecified atom stereocenters. The fraction of sp³-hybridized carbons (Fsp3) is 0.259. The lowest BCUT2D eigenvalue weighted by Gasteiger charge is -2.28. The number of fused-ring (bicyclic) bond motifs is 1. The molecule has 1 atom stereocenters. The average molecular weight is 499 g/mol. The third-order valence-corrected chi connectivity index (χ3v) is 5.82. The van der Waals surface area contributed by atoms with Gasteiger partial charge in [0.25, 0.3) is 0 Å². The van der Waals surface area contributed by atoms with E-state index < -0.39 is 29.3 Å². The van der Waals surface area contributed by atoms with Crippen LogP contribution in [0.15, 0.2) is 54.7 Å². The standard InChI is InChI=1S/C27H25ClF2N2O3/c1-15-22(24(26(33)34)35-27(2,3)4)23(17-6-8-18(28)9-7-17)19-11-12-32(25(19)31-15)14-16-5-10-20(29)21(30)13-16/h5-13,24H,14H2,1-4H3,(H,33,34)/t24-/m0/s1. The van der Waals surface area contributed by atoms with Crippen LogP contribution in [0.25, 0.3) is 22.2 Å². The van der Waals surface area contributed by atoms with E-state index in [1.165, 1.54) is 6.07 Å². The number of carbonyl (C=O) groups is 1. The molecule has 0 aliphatic rings. The van der Waals surface area contributed by atoms with Crippen molar-refractivity contribution in [2.24, 2.45) is 0 Å². The molecule has 35 heavy (non-hydrogen) atoms. The van der Waals surface area contributed by atoms with Crippen molar-refractivity contribution >= 4 is 28.6 Å². The van der Waals surface area contributed by atoms with E-state index in [4.69, 9.17) is 21.3 Å². The summed E-state index contributed by atoms with van der Waals surface area (Å²) in [5.41, 5.74) is 2.80. The van der Waals surface area contributed by atoms with Gasteiger partial charge in [-0.15, -0.1) is 0 Å². The number of carboxylic acid groups (broad SMARTS) is 1. The van der Waals surface area contributed by atoms with E-state index in [2.05, 4.69) is 0 Å². The zero-order valence-electron chi connectivity index (χ0n) is 19.8. The Hall–Kier alpha value is -3.29. The lowest BCUT2D eigenvalue weighted by molar-refractivity contribution is -0.160. The van der Waals surface area contributed by atoms with Gasteiger partial charge >= 0.3 is 5.97 Å². The molecule has 0 aliphatic heterocycles. The molecule has 2 heterocycles. The summed E-state index contributed by atoms with van der Waals surface area (Å²) in [7, 11) is 0. The number of halogens is 3. The average Bonchev–Trinajstić information content (AvgIpc) is 3.16. The molecule has 4 rings (SSSR count). The first-order valence-electron chi connectivity index (χ1n) is 11.0. The molecule has 4 aromatic rings. The molecule has 5 nitrogen and oxygen atoms in total. The maximum Gasteiger partial charge on any atom is 0.337 e. The minimum Gasteiger partial charge on any atom is -0.479 e. The second-order valence-electron chi connectivity index (χ2n) is 9.37. The number of aryl methyl sites for hydroxylation is 1. The largest absolute Gasteiger partial charge is 0.479 e. The summed E-state index contributed by atoms with van der Waals surface area (Å²) in [6, 6.07) is 12.7. The number of rotatable bonds is 6. The molecular weight excluding hydrogens is 474 g/mol. The Morgan fingerprint density at radius 1 is 1.11 bits per heavy atom. The van der Waals surface area contributed by atoms with Crippen LogP contribution in [-0.2, 0) is 16.1 Å². The fourth-order valence-corrected chi connectivity index (χ4v) is 4.25. The van der Waals surface area contributed by atoms with Crippen molar-refractivity contribution < 1.29 is 23.4 Å². The molecule has 0 aliphatic carbocycles. The second-order valence-corrected chi connectivity index (χ2v) is 9.81. The van der Waals surface area contributed by atoms with Crippen LogP contribution in [0.5, 0.6) is 0 Å². The van der Waals surface area contributed by atoms with Crippen molar-refractivity contribution in [2.75, 3.05) is 0 Å². The van der Waals surface area contributed by atoms with E-state index in [1.54, 1.807) is 46.0 Å². The smallest absolute Gasteiger partial charge is 0.337 e. The molecule has 0 spiro atoms. The van der Waals surface area contributed by atoms with Gasteiger partial charge in [-0.3, -0.25) is 0 Å². The molecule has 0 radical (unpaired) electrons. The van der Waals surface area contributed by atoms with Crippen LogP contribution in [0.3, 0.4) is 0 Å². The summed E-state index contributed by atoms with van der Waals surface area (Å²) in [6.07, 6.45) is 0.536. The van der Waals surface area contributed by atoms with Crippen LogP contribution in [0.1, 0.15) is 43.7 Å². The van der Waals surface area contributed by atoms with Gasteiger partial charge in [-0.2, -0.15) is 0 Å². The zero-order valence-corrected chi connectivity index (χ0v) is 20.5. The van der Waals surface area contributed by atoms with E-state index in [1.807, 2.05) is 22.8 Å². The quantitative estimate of drug-likeness (QED) is 0.313. The van der Waals surface area contributed by atoms with Crippen LogP contribution < -0.4 is 0 Å². The number of carboxylic acids is 1. The lowest BCUT2D eigenvalue weighted by atomic mass is 9.92. The second kappa shape index (κ2) is 9.40. The van der Waals surface area contributed by atoms with Gasteiger partial charge in [-0.1, -0.05) is 29.8 Å². The van der Waals surface area contributed by atoms with Gasteiger partial charge in [0, 0.05) is 40.0 Å². The number of aromatic nitrogens is 2. The molecule has 0 saturated heterocycles. The maximum absolute atomic E-state index is 13.8.